The van der Waals surface area contributed by atoms with E-state index < -0.39 is 0 Å². The van der Waals surface area contributed by atoms with Crippen LogP contribution in [0.25, 0.3) is 0 Å². The summed E-state index contributed by atoms with van der Waals surface area (Å²) >= 11 is 0. The Labute approximate surface area is 104 Å². The lowest BCUT2D eigenvalue weighted by Crippen LogP contribution is -2.88. The molecule has 0 radical (unpaired) electrons. The van der Waals surface area contributed by atoms with Gasteiger partial charge in [0.05, 0.1) is 20.3 Å². The van der Waals surface area contributed by atoms with Gasteiger partial charge in [-0.25, -0.2) is 0 Å². The van der Waals surface area contributed by atoms with E-state index in [1.165, 1.54) is 18.4 Å². The molecule has 1 rings (SSSR count). The Bertz CT molecular complexity index is 313. The van der Waals surface area contributed by atoms with E-state index in [0.717, 1.165) is 18.0 Å². The standard InChI is InChI=1S/C14H23NO2/c1-5-12(6-2)15-10-11-7-13(16-3)9-14(8-11)17-4/h7-9,12,15H,5-6,10H2,1-4H3/p+1. The van der Waals surface area contributed by atoms with Crippen molar-refractivity contribution >= 4 is 0 Å². The van der Waals surface area contributed by atoms with Crippen molar-refractivity contribution in [1.82, 2.24) is 0 Å². The summed E-state index contributed by atoms with van der Waals surface area (Å²) in [4.78, 5) is 0. The smallest absolute Gasteiger partial charge is 0.123 e. The van der Waals surface area contributed by atoms with Crippen molar-refractivity contribution in [3.8, 4) is 11.5 Å². The molecule has 0 amide bonds. The second kappa shape index (κ2) is 7.17. The zero-order valence-electron chi connectivity index (χ0n) is 11.3. The number of nitrogens with two attached hydrogens (primary N) is 1. The summed E-state index contributed by atoms with van der Waals surface area (Å²) in [5.41, 5.74) is 1.24. The Morgan fingerprint density at radius 2 is 1.53 bits per heavy atom. The van der Waals surface area contributed by atoms with Crippen LogP contribution in [0.5, 0.6) is 11.5 Å². The fourth-order valence-electron chi connectivity index (χ4n) is 1.91. The van der Waals surface area contributed by atoms with E-state index in [-0.39, 0.29) is 0 Å². The van der Waals surface area contributed by atoms with E-state index in [2.05, 4.69) is 31.3 Å². The fourth-order valence-corrected chi connectivity index (χ4v) is 1.91. The van der Waals surface area contributed by atoms with Crippen molar-refractivity contribution in [2.24, 2.45) is 0 Å². The van der Waals surface area contributed by atoms with Crippen molar-refractivity contribution < 1.29 is 14.8 Å². The van der Waals surface area contributed by atoms with E-state index in [9.17, 15) is 0 Å². The molecule has 3 nitrogen and oxygen atoms in total. The minimum Gasteiger partial charge on any atom is -0.497 e. The first kappa shape index (κ1) is 13.8. The number of benzene rings is 1. The zero-order chi connectivity index (χ0) is 12.7. The van der Waals surface area contributed by atoms with Gasteiger partial charge in [-0.15, -0.1) is 0 Å². The molecule has 0 saturated heterocycles. The van der Waals surface area contributed by atoms with Gasteiger partial charge in [0, 0.05) is 11.6 Å². The third-order valence-corrected chi connectivity index (χ3v) is 3.15. The van der Waals surface area contributed by atoms with Gasteiger partial charge in [0.1, 0.15) is 18.0 Å². The topological polar surface area (TPSA) is 35.1 Å². The van der Waals surface area contributed by atoms with Crippen LogP contribution in [0.1, 0.15) is 32.3 Å². The predicted molar refractivity (Wildman–Crippen MR) is 69.5 cm³/mol. The molecule has 0 unspecified atom stereocenters. The number of hydrogen-bond donors (Lipinski definition) is 1. The number of methoxy groups -OCH3 is 2. The molecule has 0 aliphatic rings. The molecular weight excluding hydrogens is 214 g/mol. The molecule has 2 N–H and O–H groups in total. The summed E-state index contributed by atoms with van der Waals surface area (Å²) in [5, 5.41) is 2.38. The van der Waals surface area contributed by atoms with E-state index in [0.29, 0.717) is 6.04 Å². The Morgan fingerprint density at radius 1 is 1.00 bits per heavy atom. The molecule has 17 heavy (non-hydrogen) atoms. The SMILES string of the molecule is CCC(CC)[NH2+]Cc1cc(OC)cc(OC)c1. The van der Waals surface area contributed by atoms with E-state index >= 15 is 0 Å². The maximum atomic E-state index is 5.26. The van der Waals surface area contributed by atoms with Crippen LogP contribution in [-0.4, -0.2) is 20.3 Å². The normalized spacial score (nSPS) is 10.6. The lowest BCUT2D eigenvalue weighted by Gasteiger charge is -2.12. The van der Waals surface area contributed by atoms with Gasteiger partial charge in [-0.2, -0.15) is 0 Å². The van der Waals surface area contributed by atoms with Crippen molar-refractivity contribution in [2.75, 3.05) is 14.2 Å². The van der Waals surface area contributed by atoms with E-state index in [4.69, 9.17) is 9.47 Å². The van der Waals surface area contributed by atoms with E-state index in [1.54, 1.807) is 14.2 Å². The molecular formula is C14H24NO2+. The highest BCUT2D eigenvalue weighted by Gasteiger charge is 2.08. The van der Waals surface area contributed by atoms with Crippen molar-refractivity contribution in [1.29, 1.82) is 0 Å². The number of rotatable bonds is 7. The largest absolute Gasteiger partial charge is 0.497 e. The molecule has 0 aliphatic carbocycles. The summed E-state index contributed by atoms with van der Waals surface area (Å²) < 4.78 is 10.5. The second-order valence-electron chi connectivity index (χ2n) is 4.24. The Kier molecular flexibility index (Phi) is 5.84. The molecule has 1 aromatic rings. The van der Waals surface area contributed by atoms with Crippen LogP contribution in [0.15, 0.2) is 18.2 Å². The van der Waals surface area contributed by atoms with Gasteiger partial charge in [0.25, 0.3) is 0 Å². The zero-order valence-corrected chi connectivity index (χ0v) is 11.3. The second-order valence-corrected chi connectivity index (χ2v) is 4.24. The molecule has 0 spiro atoms. The van der Waals surface area contributed by atoms with Crippen molar-refractivity contribution in [3.63, 3.8) is 0 Å². The summed E-state index contributed by atoms with van der Waals surface area (Å²) in [6.07, 6.45) is 2.41. The van der Waals surface area contributed by atoms with Crippen LogP contribution in [0, 0.1) is 0 Å². The highest BCUT2D eigenvalue weighted by atomic mass is 16.5. The Morgan fingerprint density at radius 3 is 1.94 bits per heavy atom. The predicted octanol–water partition coefficient (Wildman–Crippen LogP) is 1.96. The summed E-state index contributed by atoms with van der Waals surface area (Å²) in [5.74, 6) is 1.72. The lowest BCUT2D eigenvalue weighted by atomic mass is 10.1. The molecule has 0 atom stereocenters. The number of ether oxygens (including phenoxy) is 2. The maximum absolute atomic E-state index is 5.26. The first-order valence-corrected chi connectivity index (χ1v) is 6.28. The molecule has 0 saturated carbocycles. The van der Waals surface area contributed by atoms with Gasteiger partial charge < -0.3 is 14.8 Å². The molecule has 0 bridgehead atoms. The van der Waals surface area contributed by atoms with Crippen molar-refractivity contribution in [2.45, 2.75) is 39.3 Å². The minimum absolute atomic E-state index is 0.701. The molecule has 0 heterocycles. The Balaban J connectivity index is 2.69. The summed E-state index contributed by atoms with van der Waals surface area (Å²) in [6, 6.07) is 6.75. The molecule has 0 aliphatic heterocycles. The highest BCUT2D eigenvalue weighted by molar-refractivity contribution is 5.37. The van der Waals surface area contributed by atoms with Crippen molar-refractivity contribution in [3.05, 3.63) is 23.8 Å². The van der Waals surface area contributed by atoms with Crippen LogP contribution in [0.3, 0.4) is 0 Å². The molecule has 0 fully saturated rings. The molecule has 96 valence electrons. The molecule has 1 aromatic carbocycles. The van der Waals surface area contributed by atoms with Crippen LogP contribution >= 0.6 is 0 Å². The van der Waals surface area contributed by atoms with E-state index in [1.807, 2.05) is 6.07 Å². The van der Waals surface area contributed by atoms with Gasteiger partial charge in [0.15, 0.2) is 0 Å². The molecule has 0 aromatic heterocycles. The van der Waals surface area contributed by atoms with Crippen LogP contribution in [-0.2, 0) is 6.54 Å². The summed E-state index contributed by atoms with van der Waals surface area (Å²) in [6.45, 7) is 5.44. The average molecular weight is 238 g/mol. The first-order chi connectivity index (χ1) is 8.23. The maximum Gasteiger partial charge on any atom is 0.123 e. The lowest BCUT2D eigenvalue weighted by molar-refractivity contribution is -0.704. The molecule has 3 heteroatoms. The van der Waals surface area contributed by atoms with Crippen LogP contribution in [0.4, 0.5) is 0 Å². The Hall–Kier alpha value is -1.22. The monoisotopic (exact) mass is 238 g/mol. The third kappa shape index (κ3) is 4.27. The first-order valence-electron chi connectivity index (χ1n) is 6.28. The summed E-state index contributed by atoms with van der Waals surface area (Å²) in [7, 11) is 3.37. The van der Waals surface area contributed by atoms with Gasteiger partial charge in [-0.05, 0) is 25.0 Å². The minimum atomic E-state index is 0.701. The number of hydrogen-bond acceptors (Lipinski definition) is 2. The fraction of sp³-hybridized carbons (Fsp3) is 0.571. The van der Waals surface area contributed by atoms with Gasteiger partial charge in [-0.1, -0.05) is 13.8 Å². The third-order valence-electron chi connectivity index (χ3n) is 3.15. The van der Waals surface area contributed by atoms with Crippen LogP contribution < -0.4 is 14.8 Å². The van der Waals surface area contributed by atoms with Gasteiger partial charge in [-0.3, -0.25) is 0 Å². The van der Waals surface area contributed by atoms with Gasteiger partial charge >= 0.3 is 0 Å². The average Bonchev–Trinajstić information content (AvgIpc) is 2.39. The van der Waals surface area contributed by atoms with Gasteiger partial charge in [0.2, 0.25) is 0 Å². The highest BCUT2D eigenvalue weighted by Crippen LogP contribution is 2.21. The quantitative estimate of drug-likeness (QED) is 0.788. The number of quaternary nitrogens is 1. The van der Waals surface area contributed by atoms with Crippen LogP contribution in [0.2, 0.25) is 0 Å².